The minimum Gasteiger partial charge on any atom is -0.381 e. The Labute approximate surface area is 107 Å². The van der Waals surface area contributed by atoms with Crippen LogP contribution in [0.5, 0.6) is 0 Å². The number of ether oxygens (including phenoxy) is 1. The standard InChI is InChI=1S/C11H14BrNO2S/c1-7-6-9(16-10(7)12)11(14)13-8-2-4-15-5-3-8/h6,8H,2-5H2,1H3,(H,13,14). The SMILES string of the molecule is Cc1cc(C(=O)NC2CCOCC2)sc1Br. The lowest BCUT2D eigenvalue weighted by atomic mass is 10.1. The smallest absolute Gasteiger partial charge is 0.261 e. The molecule has 1 fully saturated rings. The normalized spacial score (nSPS) is 17.4. The largest absolute Gasteiger partial charge is 0.381 e. The van der Waals surface area contributed by atoms with E-state index in [1.807, 2.05) is 13.0 Å². The number of rotatable bonds is 2. The second-order valence-corrected chi connectivity index (χ2v) is 6.30. The summed E-state index contributed by atoms with van der Waals surface area (Å²) in [6.45, 7) is 3.49. The van der Waals surface area contributed by atoms with Gasteiger partial charge in [0.05, 0.1) is 8.66 Å². The molecule has 0 radical (unpaired) electrons. The molecule has 1 N–H and O–H groups in total. The fourth-order valence-corrected chi connectivity index (χ4v) is 3.11. The Hall–Kier alpha value is -0.390. The van der Waals surface area contributed by atoms with Gasteiger partial charge in [-0.3, -0.25) is 4.79 Å². The zero-order valence-corrected chi connectivity index (χ0v) is 11.5. The van der Waals surface area contributed by atoms with Crippen molar-refractivity contribution in [3.05, 3.63) is 20.3 Å². The molecule has 1 aliphatic rings. The minimum absolute atomic E-state index is 0.0331. The summed E-state index contributed by atoms with van der Waals surface area (Å²) < 4.78 is 6.29. The molecule has 1 saturated heterocycles. The number of aryl methyl sites for hydroxylation is 1. The van der Waals surface area contributed by atoms with Crippen LogP contribution in [0.3, 0.4) is 0 Å². The first kappa shape index (κ1) is 12.1. The van der Waals surface area contributed by atoms with Gasteiger partial charge in [-0.15, -0.1) is 11.3 Å². The van der Waals surface area contributed by atoms with Gasteiger partial charge < -0.3 is 10.1 Å². The first-order chi connectivity index (χ1) is 7.66. The summed E-state index contributed by atoms with van der Waals surface area (Å²) in [5.74, 6) is 0.0331. The van der Waals surface area contributed by atoms with E-state index >= 15 is 0 Å². The average Bonchev–Trinajstić information content (AvgIpc) is 2.61. The molecule has 1 aromatic rings. The van der Waals surface area contributed by atoms with Crippen LogP contribution in [-0.4, -0.2) is 25.2 Å². The summed E-state index contributed by atoms with van der Waals surface area (Å²) in [6.07, 6.45) is 1.83. The van der Waals surface area contributed by atoms with E-state index in [1.54, 1.807) is 0 Å². The molecule has 0 bridgehead atoms. The van der Waals surface area contributed by atoms with E-state index in [0.717, 1.165) is 40.3 Å². The van der Waals surface area contributed by atoms with E-state index in [9.17, 15) is 4.79 Å². The van der Waals surface area contributed by atoms with E-state index < -0.39 is 0 Å². The highest BCUT2D eigenvalue weighted by molar-refractivity contribution is 9.11. The average molecular weight is 304 g/mol. The quantitative estimate of drug-likeness (QED) is 0.912. The second-order valence-electron chi connectivity index (χ2n) is 3.93. The van der Waals surface area contributed by atoms with Crippen molar-refractivity contribution in [3.63, 3.8) is 0 Å². The summed E-state index contributed by atoms with van der Waals surface area (Å²) in [6, 6.07) is 2.19. The highest BCUT2D eigenvalue weighted by Gasteiger charge is 2.18. The lowest BCUT2D eigenvalue weighted by Gasteiger charge is -2.22. The van der Waals surface area contributed by atoms with E-state index in [4.69, 9.17) is 4.74 Å². The first-order valence-electron chi connectivity index (χ1n) is 5.31. The summed E-state index contributed by atoms with van der Waals surface area (Å²) in [5, 5.41) is 3.05. The van der Waals surface area contributed by atoms with Gasteiger partial charge in [0, 0.05) is 19.3 Å². The molecule has 0 unspecified atom stereocenters. The van der Waals surface area contributed by atoms with Crippen LogP contribution < -0.4 is 5.32 Å². The predicted octanol–water partition coefficient (Wildman–Crippen LogP) is 2.73. The number of nitrogens with one attached hydrogen (secondary N) is 1. The zero-order valence-electron chi connectivity index (χ0n) is 9.09. The highest BCUT2D eigenvalue weighted by atomic mass is 79.9. The number of carbonyl (C=O) groups is 1. The van der Waals surface area contributed by atoms with Crippen molar-refractivity contribution in [2.45, 2.75) is 25.8 Å². The number of hydrogen-bond donors (Lipinski definition) is 1. The lowest BCUT2D eigenvalue weighted by Crippen LogP contribution is -2.38. The lowest BCUT2D eigenvalue weighted by molar-refractivity contribution is 0.0698. The van der Waals surface area contributed by atoms with Gasteiger partial charge in [-0.2, -0.15) is 0 Å². The molecule has 0 aromatic carbocycles. The Morgan fingerprint density at radius 2 is 2.25 bits per heavy atom. The molecule has 0 aliphatic carbocycles. The van der Waals surface area contributed by atoms with Crippen molar-refractivity contribution in [1.82, 2.24) is 5.32 Å². The molecular formula is C11H14BrNO2S. The maximum absolute atomic E-state index is 11.9. The van der Waals surface area contributed by atoms with Crippen molar-refractivity contribution in [3.8, 4) is 0 Å². The topological polar surface area (TPSA) is 38.3 Å². The second kappa shape index (κ2) is 5.29. The Kier molecular flexibility index (Phi) is 4.00. The summed E-state index contributed by atoms with van der Waals surface area (Å²) in [5.41, 5.74) is 1.11. The Bertz CT molecular complexity index is 366. The van der Waals surface area contributed by atoms with Crippen LogP contribution in [0.2, 0.25) is 0 Å². The van der Waals surface area contributed by atoms with Gasteiger partial charge in [0.25, 0.3) is 5.91 Å². The van der Waals surface area contributed by atoms with Gasteiger partial charge in [0.2, 0.25) is 0 Å². The van der Waals surface area contributed by atoms with Crippen LogP contribution >= 0.6 is 27.3 Å². The molecule has 5 heteroatoms. The van der Waals surface area contributed by atoms with Crippen molar-refractivity contribution in [2.24, 2.45) is 0 Å². The maximum atomic E-state index is 11.9. The van der Waals surface area contributed by atoms with Gasteiger partial charge in [-0.25, -0.2) is 0 Å². The molecule has 3 nitrogen and oxygen atoms in total. The Morgan fingerprint density at radius 1 is 1.56 bits per heavy atom. The summed E-state index contributed by atoms with van der Waals surface area (Å²) in [7, 11) is 0. The third-order valence-electron chi connectivity index (χ3n) is 2.64. The Balaban J connectivity index is 1.96. The van der Waals surface area contributed by atoms with Crippen LogP contribution in [0.15, 0.2) is 9.85 Å². The Morgan fingerprint density at radius 3 is 2.81 bits per heavy atom. The molecule has 0 spiro atoms. The number of amides is 1. The van der Waals surface area contributed by atoms with Gasteiger partial charge in [-0.05, 0) is 47.3 Å². The molecule has 0 saturated carbocycles. The third-order valence-corrected chi connectivity index (χ3v) is 4.77. The van der Waals surface area contributed by atoms with Crippen LogP contribution in [0.4, 0.5) is 0 Å². The number of thiophene rings is 1. The third kappa shape index (κ3) is 2.84. The monoisotopic (exact) mass is 303 g/mol. The van der Waals surface area contributed by atoms with Crippen LogP contribution in [-0.2, 0) is 4.74 Å². The van der Waals surface area contributed by atoms with E-state index in [-0.39, 0.29) is 11.9 Å². The van der Waals surface area contributed by atoms with Gasteiger partial charge in [0.1, 0.15) is 0 Å². The molecular weight excluding hydrogens is 290 g/mol. The molecule has 2 heterocycles. The number of carbonyl (C=O) groups excluding carboxylic acids is 1. The van der Waals surface area contributed by atoms with Gasteiger partial charge >= 0.3 is 0 Å². The zero-order chi connectivity index (χ0) is 11.5. The highest BCUT2D eigenvalue weighted by Crippen LogP contribution is 2.27. The summed E-state index contributed by atoms with van der Waals surface area (Å²) in [4.78, 5) is 12.7. The van der Waals surface area contributed by atoms with Crippen molar-refractivity contribution < 1.29 is 9.53 Å². The van der Waals surface area contributed by atoms with E-state index in [0.29, 0.717) is 0 Å². The van der Waals surface area contributed by atoms with Gasteiger partial charge in [-0.1, -0.05) is 0 Å². The number of halogens is 1. The molecule has 0 atom stereocenters. The molecule has 2 rings (SSSR count). The fraction of sp³-hybridized carbons (Fsp3) is 0.545. The molecule has 1 aromatic heterocycles. The fourth-order valence-electron chi connectivity index (χ4n) is 1.67. The molecule has 88 valence electrons. The van der Waals surface area contributed by atoms with Crippen molar-refractivity contribution in [2.75, 3.05) is 13.2 Å². The molecule has 1 aliphatic heterocycles. The van der Waals surface area contributed by atoms with Crippen molar-refractivity contribution >= 4 is 33.2 Å². The van der Waals surface area contributed by atoms with Crippen LogP contribution in [0, 0.1) is 6.92 Å². The van der Waals surface area contributed by atoms with E-state index in [1.165, 1.54) is 11.3 Å². The maximum Gasteiger partial charge on any atom is 0.261 e. The molecule has 1 amide bonds. The van der Waals surface area contributed by atoms with Crippen LogP contribution in [0.1, 0.15) is 28.1 Å². The van der Waals surface area contributed by atoms with Crippen molar-refractivity contribution in [1.29, 1.82) is 0 Å². The van der Waals surface area contributed by atoms with E-state index in [2.05, 4.69) is 21.2 Å². The summed E-state index contributed by atoms with van der Waals surface area (Å²) >= 11 is 4.91. The minimum atomic E-state index is 0.0331. The van der Waals surface area contributed by atoms with Crippen LogP contribution in [0.25, 0.3) is 0 Å². The predicted molar refractivity (Wildman–Crippen MR) is 68.1 cm³/mol. The van der Waals surface area contributed by atoms with Gasteiger partial charge in [0.15, 0.2) is 0 Å². The number of hydrogen-bond acceptors (Lipinski definition) is 3. The molecule has 16 heavy (non-hydrogen) atoms. The first-order valence-corrected chi connectivity index (χ1v) is 6.92.